The summed E-state index contributed by atoms with van der Waals surface area (Å²) in [6, 6.07) is 54.7. The Labute approximate surface area is 298 Å². The van der Waals surface area contributed by atoms with E-state index in [4.69, 9.17) is 23.8 Å². The minimum atomic E-state index is -0.0484. The van der Waals surface area contributed by atoms with E-state index in [1.54, 1.807) is 0 Å². The number of rotatable bonds is 4. The summed E-state index contributed by atoms with van der Waals surface area (Å²) in [6.45, 7) is 0. The SMILES string of the molecule is c1ccc2c(c1)CC(c1nc(-c3ccc(-c4cccc5oc6ccccc6c45)cc3)nc(-c3cccc4c3oc3ccccc34)n1)c1ccccc1-2. The first-order valence-corrected chi connectivity index (χ1v) is 17.6. The molecule has 11 rings (SSSR count). The van der Waals surface area contributed by atoms with E-state index in [-0.39, 0.29) is 5.92 Å². The molecule has 244 valence electrons. The predicted octanol–water partition coefficient (Wildman–Crippen LogP) is 12.0. The van der Waals surface area contributed by atoms with Crippen LogP contribution < -0.4 is 0 Å². The molecule has 0 aliphatic heterocycles. The van der Waals surface area contributed by atoms with Crippen LogP contribution in [0.15, 0.2) is 167 Å². The van der Waals surface area contributed by atoms with E-state index in [1.807, 2.05) is 36.4 Å². The van der Waals surface area contributed by atoms with Crippen LogP contribution in [0.25, 0.3) is 88.9 Å². The number of nitrogens with zero attached hydrogens (tertiary/aromatic N) is 3. The monoisotopic (exact) mass is 667 g/mol. The van der Waals surface area contributed by atoms with Gasteiger partial charge in [0, 0.05) is 33.0 Å². The van der Waals surface area contributed by atoms with Crippen molar-refractivity contribution in [2.24, 2.45) is 0 Å². The van der Waals surface area contributed by atoms with Gasteiger partial charge >= 0.3 is 0 Å². The molecule has 0 fully saturated rings. The first-order chi connectivity index (χ1) is 25.8. The summed E-state index contributed by atoms with van der Waals surface area (Å²) in [5.74, 6) is 1.92. The number of para-hydroxylation sites is 3. The fraction of sp³-hybridized carbons (Fsp3) is 0.0426. The first-order valence-electron chi connectivity index (χ1n) is 17.6. The molecule has 5 heteroatoms. The maximum atomic E-state index is 6.49. The number of fused-ring (bicyclic) bond motifs is 9. The Morgan fingerprint density at radius 3 is 1.92 bits per heavy atom. The second kappa shape index (κ2) is 11.3. The Bertz CT molecular complexity index is 3010. The lowest BCUT2D eigenvalue weighted by atomic mass is 9.78. The third-order valence-corrected chi connectivity index (χ3v) is 10.5. The fourth-order valence-corrected chi connectivity index (χ4v) is 8.10. The summed E-state index contributed by atoms with van der Waals surface area (Å²) in [4.78, 5) is 15.7. The maximum absolute atomic E-state index is 6.49. The molecular formula is C47H29N3O2. The number of hydrogen-bond donors (Lipinski definition) is 0. The van der Waals surface area contributed by atoms with Crippen LogP contribution in [0.1, 0.15) is 22.9 Å². The number of hydrogen-bond acceptors (Lipinski definition) is 5. The lowest BCUT2D eigenvalue weighted by Gasteiger charge is -2.27. The normalized spacial score (nSPS) is 13.9. The molecule has 1 aliphatic rings. The van der Waals surface area contributed by atoms with E-state index in [1.165, 1.54) is 22.3 Å². The van der Waals surface area contributed by atoms with Gasteiger partial charge in [-0.1, -0.05) is 133 Å². The van der Waals surface area contributed by atoms with Crippen molar-refractivity contribution >= 4 is 43.9 Å². The molecule has 52 heavy (non-hydrogen) atoms. The molecule has 0 spiro atoms. The van der Waals surface area contributed by atoms with E-state index in [2.05, 4.69) is 121 Å². The van der Waals surface area contributed by atoms with Gasteiger partial charge in [-0.05, 0) is 64.1 Å². The average Bonchev–Trinajstić information content (AvgIpc) is 3.79. The highest BCUT2D eigenvalue weighted by Gasteiger charge is 2.29. The molecule has 10 aromatic rings. The minimum Gasteiger partial charge on any atom is -0.456 e. The highest BCUT2D eigenvalue weighted by Crippen LogP contribution is 2.43. The van der Waals surface area contributed by atoms with E-state index in [0.29, 0.717) is 11.6 Å². The van der Waals surface area contributed by atoms with Gasteiger partial charge in [-0.3, -0.25) is 0 Å². The van der Waals surface area contributed by atoms with Crippen molar-refractivity contribution in [3.63, 3.8) is 0 Å². The number of aromatic nitrogens is 3. The zero-order chi connectivity index (χ0) is 34.2. The van der Waals surface area contributed by atoms with Crippen molar-refractivity contribution in [1.82, 2.24) is 15.0 Å². The van der Waals surface area contributed by atoms with Gasteiger partial charge in [0.15, 0.2) is 11.6 Å². The molecule has 0 saturated heterocycles. The molecule has 0 N–H and O–H groups in total. The van der Waals surface area contributed by atoms with E-state index in [0.717, 1.165) is 78.4 Å². The Morgan fingerprint density at radius 2 is 1.04 bits per heavy atom. The molecule has 0 saturated carbocycles. The molecule has 7 aromatic carbocycles. The zero-order valence-electron chi connectivity index (χ0n) is 28.0. The second-order valence-electron chi connectivity index (χ2n) is 13.5. The maximum Gasteiger partial charge on any atom is 0.167 e. The van der Waals surface area contributed by atoms with Gasteiger partial charge in [0.05, 0.1) is 5.56 Å². The fourth-order valence-electron chi connectivity index (χ4n) is 8.10. The number of benzene rings is 7. The van der Waals surface area contributed by atoms with Crippen LogP contribution in [0, 0.1) is 0 Å². The Balaban J connectivity index is 1.09. The van der Waals surface area contributed by atoms with Gasteiger partial charge in [0.1, 0.15) is 28.2 Å². The lowest BCUT2D eigenvalue weighted by Crippen LogP contribution is -2.16. The van der Waals surface area contributed by atoms with Gasteiger partial charge < -0.3 is 8.83 Å². The largest absolute Gasteiger partial charge is 0.456 e. The van der Waals surface area contributed by atoms with Crippen LogP contribution in [-0.4, -0.2) is 15.0 Å². The van der Waals surface area contributed by atoms with Crippen LogP contribution in [0.2, 0.25) is 0 Å². The summed E-state index contributed by atoms with van der Waals surface area (Å²) in [6.07, 6.45) is 0.798. The summed E-state index contributed by atoms with van der Waals surface area (Å²) in [5, 5.41) is 4.34. The van der Waals surface area contributed by atoms with E-state index < -0.39 is 0 Å². The third kappa shape index (κ3) is 4.46. The quantitative estimate of drug-likeness (QED) is 0.187. The standard InChI is InChI=1S/C47H29N3O2/c1-2-12-31-30(11-1)27-39(34-14-4-3-13-33(31)34)47-49-45(48-46(50-47)38-19-9-18-36-35-15-5-7-20-40(35)52-44(36)38)29-25-23-28(24-26-29)32-17-10-22-42-43(32)37-16-6-8-21-41(37)51-42/h1-26,39H,27H2. The Hall–Kier alpha value is -6.85. The molecule has 3 aromatic heterocycles. The van der Waals surface area contributed by atoms with Crippen LogP contribution >= 0.6 is 0 Å². The molecule has 0 bridgehead atoms. The van der Waals surface area contributed by atoms with Gasteiger partial charge in [0.25, 0.3) is 0 Å². The van der Waals surface area contributed by atoms with Crippen molar-refractivity contribution in [1.29, 1.82) is 0 Å². The van der Waals surface area contributed by atoms with Crippen molar-refractivity contribution < 1.29 is 8.83 Å². The number of furan rings is 2. The molecule has 1 aliphatic carbocycles. The molecule has 3 heterocycles. The Kier molecular flexibility index (Phi) is 6.31. The van der Waals surface area contributed by atoms with Crippen molar-refractivity contribution in [3.05, 3.63) is 175 Å². The van der Waals surface area contributed by atoms with Crippen molar-refractivity contribution in [2.45, 2.75) is 12.3 Å². The van der Waals surface area contributed by atoms with Gasteiger partial charge in [-0.25, -0.2) is 15.0 Å². The summed E-state index contributed by atoms with van der Waals surface area (Å²) in [7, 11) is 0. The third-order valence-electron chi connectivity index (χ3n) is 10.5. The molecule has 0 radical (unpaired) electrons. The van der Waals surface area contributed by atoms with Crippen molar-refractivity contribution in [3.8, 4) is 45.0 Å². The smallest absolute Gasteiger partial charge is 0.167 e. The van der Waals surface area contributed by atoms with Crippen LogP contribution in [0.4, 0.5) is 0 Å². The summed E-state index contributed by atoms with van der Waals surface area (Å²) >= 11 is 0. The van der Waals surface area contributed by atoms with E-state index >= 15 is 0 Å². The molecule has 0 amide bonds. The highest BCUT2D eigenvalue weighted by atomic mass is 16.3. The van der Waals surface area contributed by atoms with Gasteiger partial charge in [0.2, 0.25) is 0 Å². The van der Waals surface area contributed by atoms with Crippen LogP contribution in [0.5, 0.6) is 0 Å². The molecular weight excluding hydrogens is 639 g/mol. The van der Waals surface area contributed by atoms with Crippen molar-refractivity contribution in [2.75, 3.05) is 0 Å². The average molecular weight is 668 g/mol. The first kappa shape index (κ1) is 28.9. The van der Waals surface area contributed by atoms with Gasteiger partial charge in [-0.2, -0.15) is 0 Å². The molecule has 1 atom stereocenters. The Morgan fingerprint density at radius 1 is 0.423 bits per heavy atom. The summed E-state index contributed by atoms with van der Waals surface area (Å²) < 4.78 is 12.7. The van der Waals surface area contributed by atoms with Crippen LogP contribution in [-0.2, 0) is 6.42 Å². The minimum absolute atomic E-state index is 0.0484. The van der Waals surface area contributed by atoms with E-state index in [9.17, 15) is 0 Å². The second-order valence-corrected chi connectivity index (χ2v) is 13.5. The molecule has 1 unspecified atom stereocenters. The van der Waals surface area contributed by atoms with Gasteiger partial charge in [-0.15, -0.1) is 0 Å². The zero-order valence-corrected chi connectivity index (χ0v) is 28.0. The topological polar surface area (TPSA) is 65.0 Å². The lowest BCUT2D eigenvalue weighted by molar-refractivity contribution is 0.668. The predicted molar refractivity (Wildman–Crippen MR) is 208 cm³/mol. The van der Waals surface area contributed by atoms with Crippen LogP contribution in [0.3, 0.4) is 0 Å². The molecule has 5 nitrogen and oxygen atoms in total. The summed E-state index contributed by atoms with van der Waals surface area (Å²) in [5.41, 5.74) is 12.4. The highest BCUT2D eigenvalue weighted by molar-refractivity contribution is 6.12.